The van der Waals surface area contributed by atoms with Crippen molar-refractivity contribution in [1.82, 2.24) is 5.32 Å². The summed E-state index contributed by atoms with van der Waals surface area (Å²) in [4.78, 5) is 0. The number of halogens is 1. The normalized spacial score (nSPS) is 10.8. The maximum absolute atomic E-state index is 5.67. The standard InChI is InChI=1S/C17H28BrNO/c1-3-13-20-17-11-10-15(14-16(17)18)9-7-5-6-8-12-19-4-2/h10-11,14,19H,3-9,12-13H2,1-2H3. The van der Waals surface area contributed by atoms with Gasteiger partial charge in [-0.3, -0.25) is 0 Å². The van der Waals surface area contributed by atoms with Crippen molar-refractivity contribution in [3.05, 3.63) is 28.2 Å². The zero-order valence-electron chi connectivity index (χ0n) is 12.9. The molecule has 0 aliphatic rings. The van der Waals surface area contributed by atoms with E-state index in [-0.39, 0.29) is 0 Å². The second kappa shape index (κ2) is 11.2. The Bertz CT molecular complexity index is 368. The number of benzene rings is 1. The molecular weight excluding hydrogens is 314 g/mol. The zero-order chi connectivity index (χ0) is 14.6. The lowest BCUT2D eigenvalue weighted by atomic mass is 10.1. The van der Waals surface area contributed by atoms with Gasteiger partial charge in [0.25, 0.3) is 0 Å². The van der Waals surface area contributed by atoms with Gasteiger partial charge in [0.1, 0.15) is 5.75 Å². The first-order valence-electron chi connectivity index (χ1n) is 7.89. The molecule has 0 atom stereocenters. The monoisotopic (exact) mass is 341 g/mol. The highest BCUT2D eigenvalue weighted by Crippen LogP contribution is 2.26. The van der Waals surface area contributed by atoms with E-state index in [1.807, 2.05) is 0 Å². The largest absolute Gasteiger partial charge is 0.492 e. The Balaban J connectivity index is 2.22. The molecule has 20 heavy (non-hydrogen) atoms. The molecule has 0 bridgehead atoms. The Hall–Kier alpha value is -0.540. The topological polar surface area (TPSA) is 21.3 Å². The highest BCUT2D eigenvalue weighted by molar-refractivity contribution is 9.10. The predicted octanol–water partition coefficient (Wildman–Crippen LogP) is 4.95. The van der Waals surface area contributed by atoms with Crippen molar-refractivity contribution in [3.8, 4) is 5.75 Å². The number of nitrogens with one attached hydrogen (secondary N) is 1. The second-order valence-electron chi connectivity index (χ2n) is 5.13. The summed E-state index contributed by atoms with van der Waals surface area (Å²) in [7, 11) is 0. The van der Waals surface area contributed by atoms with Crippen LogP contribution in [0.15, 0.2) is 22.7 Å². The Labute approximate surface area is 132 Å². The van der Waals surface area contributed by atoms with Crippen LogP contribution in [0.4, 0.5) is 0 Å². The van der Waals surface area contributed by atoms with Crippen molar-refractivity contribution in [2.24, 2.45) is 0 Å². The van der Waals surface area contributed by atoms with E-state index in [1.54, 1.807) is 0 Å². The van der Waals surface area contributed by atoms with Crippen LogP contribution in [0, 0.1) is 0 Å². The van der Waals surface area contributed by atoms with E-state index in [4.69, 9.17) is 4.74 Å². The van der Waals surface area contributed by atoms with E-state index in [1.165, 1.54) is 31.2 Å². The minimum Gasteiger partial charge on any atom is -0.492 e. The van der Waals surface area contributed by atoms with Gasteiger partial charge in [-0.05, 0) is 72.4 Å². The van der Waals surface area contributed by atoms with Gasteiger partial charge in [0.2, 0.25) is 0 Å². The number of hydrogen-bond acceptors (Lipinski definition) is 2. The van der Waals surface area contributed by atoms with Crippen LogP contribution in [0.25, 0.3) is 0 Å². The maximum atomic E-state index is 5.67. The van der Waals surface area contributed by atoms with Crippen LogP contribution < -0.4 is 10.1 Å². The Kier molecular flexibility index (Phi) is 9.77. The van der Waals surface area contributed by atoms with Crippen LogP contribution in [0.2, 0.25) is 0 Å². The molecule has 114 valence electrons. The van der Waals surface area contributed by atoms with Gasteiger partial charge in [-0.25, -0.2) is 0 Å². The Morgan fingerprint density at radius 1 is 1.10 bits per heavy atom. The smallest absolute Gasteiger partial charge is 0.133 e. The van der Waals surface area contributed by atoms with Crippen molar-refractivity contribution < 1.29 is 4.74 Å². The molecule has 0 amide bonds. The quantitative estimate of drug-likeness (QED) is 0.575. The molecule has 1 N–H and O–H groups in total. The lowest BCUT2D eigenvalue weighted by Crippen LogP contribution is -2.13. The number of hydrogen-bond donors (Lipinski definition) is 1. The van der Waals surface area contributed by atoms with E-state index in [0.717, 1.165) is 42.8 Å². The van der Waals surface area contributed by atoms with Gasteiger partial charge in [0.15, 0.2) is 0 Å². The highest BCUT2D eigenvalue weighted by atomic mass is 79.9. The van der Waals surface area contributed by atoms with Crippen LogP contribution >= 0.6 is 15.9 Å². The summed E-state index contributed by atoms with van der Waals surface area (Å²) in [5.41, 5.74) is 1.40. The first-order valence-corrected chi connectivity index (χ1v) is 8.69. The first-order chi connectivity index (χ1) is 9.77. The lowest BCUT2D eigenvalue weighted by molar-refractivity contribution is 0.315. The van der Waals surface area contributed by atoms with E-state index in [9.17, 15) is 0 Å². The van der Waals surface area contributed by atoms with Crippen molar-refractivity contribution in [2.45, 2.75) is 52.4 Å². The van der Waals surface area contributed by atoms with Gasteiger partial charge in [-0.2, -0.15) is 0 Å². The van der Waals surface area contributed by atoms with E-state index in [0.29, 0.717) is 0 Å². The molecule has 0 aliphatic carbocycles. The van der Waals surface area contributed by atoms with E-state index in [2.05, 4.69) is 53.3 Å². The number of rotatable bonds is 11. The summed E-state index contributed by atoms with van der Waals surface area (Å²) in [6.45, 7) is 7.31. The molecule has 2 nitrogen and oxygen atoms in total. The highest BCUT2D eigenvalue weighted by Gasteiger charge is 2.02. The Morgan fingerprint density at radius 2 is 1.90 bits per heavy atom. The van der Waals surface area contributed by atoms with Crippen LogP contribution in [0.3, 0.4) is 0 Å². The fourth-order valence-corrected chi connectivity index (χ4v) is 2.68. The van der Waals surface area contributed by atoms with Crippen molar-refractivity contribution in [3.63, 3.8) is 0 Å². The van der Waals surface area contributed by atoms with Crippen molar-refractivity contribution >= 4 is 15.9 Å². The minimum absolute atomic E-state index is 0.781. The molecule has 0 saturated carbocycles. The molecule has 0 fully saturated rings. The third-order valence-corrected chi connectivity index (χ3v) is 3.90. The van der Waals surface area contributed by atoms with Gasteiger partial charge in [-0.15, -0.1) is 0 Å². The lowest BCUT2D eigenvalue weighted by Gasteiger charge is -2.09. The average Bonchev–Trinajstić information content (AvgIpc) is 2.45. The van der Waals surface area contributed by atoms with Gasteiger partial charge < -0.3 is 10.1 Å². The average molecular weight is 342 g/mol. The molecule has 0 heterocycles. The summed E-state index contributed by atoms with van der Waals surface area (Å²) in [6.07, 6.45) is 7.41. The molecule has 1 rings (SSSR count). The molecular formula is C17H28BrNO. The van der Waals surface area contributed by atoms with Crippen LogP contribution in [0.5, 0.6) is 5.75 Å². The molecule has 0 aromatic heterocycles. The maximum Gasteiger partial charge on any atom is 0.133 e. The van der Waals surface area contributed by atoms with Crippen molar-refractivity contribution in [2.75, 3.05) is 19.7 Å². The second-order valence-corrected chi connectivity index (χ2v) is 5.99. The van der Waals surface area contributed by atoms with E-state index >= 15 is 0 Å². The van der Waals surface area contributed by atoms with Gasteiger partial charge in [0.05, 0.1) is 11.1 Å². The molecule has 1 aromatic rings. The molecule has 0 saturated heterocycles. The summed E-state index contributed by atoms with van der Waals surface area (Å²) in [5, 5.41) is 3.37. The SMILES string of the molecule is CCCOc1ccc(CCCCCCNCC)cc1Br. The zero-order valence-corrected chi connectivity index (χ0v) is 14.5. The molecule has 3 heteroatoms. The molecule has 0 aliphatic heterocycles. The fraction of sp³-hybridized carbons (Fsp3) is 0.647. The molecule has 1 aromatic carbocycles. The van der Waals surface area contributed by atoms with Crippen LogP contribution in [-0.2, 0) is 6.42 Å². The van der Waals surface area contributed by atoms with Gasteiger partial charge >= 0.3 is 0 Å². The minimum atomic E-state index is 0.781. The van der Waals surface area contributed by atoms with Crippen molar-refractivity contribution in [1.29, 1.82) is 0 Å². The number of ether oxygens (including phenoxy) is 1. The summed E-state index contributed by atoms with van der Waals surface area (Å²) in [5.74, 6) is 0.959. The van der Waals surface area contributed by atoms with Gasteiger partial charge in [-0.1, -0.05) is 32.8 Å². The fourth-order valence-electron chi connectivity index (χ4n) is 2.14. The molecule has 0 unspecified atom stereocenters. The summed E-state index contributed by atoms with van der Waals surface area (Å²) < 4.78 is 6.75. The number of aryl methyl sites for hydroxylation is 1. The third kappa shape index (κ3) is 7.30. The van der Waals surface area contributed by atoms with Gasteiger partial charge in [0, 0.05) is 0 Å². The summed E-state index contributed by atoms with van der Waals surface area (Å²) in [6, 6.07) is 6.47. The van der Waals surface area contributed by atoms with E-state index < -0.39 is 0 Å². The van der Waals surface area contributed by atoms with Crippen LogP contribution in [-0.4, -0.2) is 19.7 Å². The number of unbranched alkanes of at least 4 members (excludes halogenated alkanes) is 3. The predicted molar refractivity (Wildman–Crippen MR) is 90.6 cm³/mol. The Morgan fingerprint density at radius 3 is 2.60 bits per heavy atom. The molecule has 0 radical (unpaired) electrons. The van der Waals surface area contributed by atoms with Crippen LogP contribution in [0.1, 0.15) is 51.5 Å². The summed E-state index contributed by atoms with van der Waals surface area (Å²) >= 11 is 3.60. The molecule has 0 spiro atoms. The third-order valence-electron chi connectivity index (χ3n) is 3.28. The first kappa shape index (κ1) is 17.5.